The van der Waals surface area contributed by atoms with E-state index < -0.39 is 16.9 Å². The molecule has 0 bridgehead atoms. The molecule has 0 fully saturated rings. The number of carbonyl (C=O) groups is 2. The van der Waals surface area contributed by atoms with E-state index in [-0.39, 0.29) is 30.5 Å². The van der Waals surface area contributed by atoms with Gasteiger partial charge in [-0.15, -0.1) is 23.2 Å². The first-order valence-corrected chi connectivity index (χ1v) is 11.3. The number of carbonyl (C=O) groups excluding carboxylic acids is 2. The SMILES string of the molecule is CCc1cc(Nc2cc(=O)n(CCCCOC(=O)CCl)c(=O)[nH]2)ccc1C.O=C(Cl)CCl. The molecule has 1 heterocycles. The first-order chi connectivity index (χ1) is 15.2. The first kappa shape index (κ1) is 27.7. The molecule has 0 saturated heterocycles. The van der Waals surface area contributed by atoms with Crippen molar-refractivity contribution in [2.75, 3.05) is 23.7 Å². The molecule has 2 N–H and O–H groups in total. The zero-order chi connectivity index (χ0) is 24.1. The van der Waals surface area contributed by atoms with Gasteiger partial charge < -0.3 is 10.1 Å². The van der Waals surface area contributed by atoms with Gasteiger partial charge in [-0.3, -0.25) is 23.9 Å². The molecule has 2 aromatic rings. The first-order valence-electron chi connectivity index (χ1n) is 9.88. The zero-order valence-corrected chi connectivity index (χ0v) is 20.1. The Balaban J connectivity index is 0.000000920. The Morgan fingerprint density at radius 3 is 2.38 bits per heavy atom. The van der Waals surface area contributed by atoms with Crippen molar-refractivity contribution in [3.8, 4) is 0 Å². The van der Waals surface area contributed by atoms with E-state index >= 15 is 0 Å². The van der Waals surface area contributed by atoms with Gasteiger partial charge in [0.2, 0.25) is 5.24 Å². The maximum absolute atomic E-state index is 12.2. The molecule has 0 radical (unpaired) electrons. The molecule has 176 valence electrons. The van der Waals surface area contributed by atoms with Gasteiger partial charge in [0.05, 0.1) is 12.5 Å². The molecule has 0 aliphatic heterocycles. The topological polar surface area (TPSA) is 110 Å². The lowest BCUT2D eigenvalue weighted by molar-refractivity contribution is -0.140. The molecular weight excluding hydrogens is 481 g/mol. The number of nitrogens with one attached hydrogen (secondary N) is 2. The Bertz CT molecular complexity index is 989. The van der Waals surface area contributed by atoms with E-state index in [9.17, 15) is 19.2 Å². The molecule has 0 amide bonds. The van der Waals surface area contributed by atoms with Crippen molar-refractivity contribution in [2.24, 2.45) is 0 Å². The Kier molecular flexibility index (Phi) is 12.8. The number of nitrogens with zero attached hydrogens (tertiary/aromatic N) is 1. The third-order valence-corrected chi connectivity index (χ3v) is 5.01. The second-order valence-electron chi connectivity index (χ2n) is 6.65. The number of alkyl halides is 2. The Morgan fingerprint density at radius 1 is 1.12 bits per heavy atom. The smallest absolute Gasteiger partial charge is 0.329 e. The molecule has 32 heavy (non-hydrogen) atoms. The summed E-state index contributed by atoms with van der Waals surface area (Å²) in [6.07, 6.45) is 1.97. The quantitative estimate of drug-likeness (QED) is 0.220. The minimum absolute atomic E-state index is 0.0957. The van der Waals surface area contributed by atoms with Crippen LogP contribution >= 0.6 is 34.8 Å². The second-order valence-corrected chi connectivity index (χ2v) is 7.60. The van der Waals surface area contributed by atoms with Crippen molar-refractivity contribution >= 4 is 57.5 Å². The Hall–Kier alpha value is -2.29. The van der Waals surface area contributed by atoms with E-state index in [4.69, 9.17) is 39.5 Å². The molecule has 8 nitrogen and oxygen atoms in total. The predicted octanol–water partition coefficient (Wildman–Crippen LogP) is 3.70. The molecular formula is C21H26Cl3N3O5. The van der Waals surface area contributed by atoms with Crippen LogP contribution in [0.1, 0.15) is 30.9 Å². The van der Waals surface area contributed by atoms with Crippen LogP contribution in [0, 0.1) is 6.92 Å². The van der Waals surface area contributed by atoms with Crippen molar-refractivity contribution in [3.63, 3.8) is 0 Å². The predicted molar refractivity (Wildman–Crippen MR) is 128 cm³/mol. The van der Waals surface area contributed by atoms with Gasteiger partial charge in [0, 0.05) is 18.3 Å². The minimum atomic E-state index is -0.508. The van der Waals surface area contributed by atoms with Crippen LogP contribution in [-0.4, -0.2) is 39.1 Å². The number of rotatable bonds is 10. The average molecular weight is 507 g/mol. The van der Waals surface area contributed by atoms with Crippen LogP contribution in [0.15, 0.2) is 33.9 Å². The fourth-order valence-electron chi connectivity index (χ4n) is 2.68. The number of aromatic amines is 1. The zero-order valence-electron chi connectivity index (χ0n) is 17.9. The van der Waals surface area contributed by atoms with E-state index in [0.29, 0.717) is 18.7 Å². The van der Waals surface area contributed by atoms with Gasteiger partial charge in [0.15, 0.2) is 0 Å². The number of unbranched alkanes of at least 4 members (excludes halogenated alkanes) is 1. The van der Waals surface area contributed by atoms with Gasteiger partial charge in [-0.25, -0.2) is 4.79 Å². The normalized spacial score (nSPS) is 10.2. The lowest BCUT2D eigenvalue weighted by Crippen LogP contribution is -2.35. The highest BCUT2D eigenvalue weighted by molar-refractivity contribution is 6.67. The van der Waals surface area contributed by atoms with E-state index in [2.05, 4.69) is 17.2 Å². The van der Waals surface area contributed by atoms with Crippen molar-refractivity contribution in [1.29, 1.82) is 0 Å². The lowest BCUT2D eigenvalue weighted by Gasteiger charge is -2.11. The Labute approximate surface area is 200 Å². The van der Waals surface area contributed by atoms with Crippen LogP contribution in [0.3, 0.4) is 0 Å². The standard InChI is InChI=1S/C19H24ClN3O4.C2H2Cl2O/c1-3-14-10-15(7-6-13(14)2)21-16-11-17(24)23(19(26)22-16)8-4-5-9-27-18(25)12-20;3-1-2(4)5/h6-7,10-11,21H,3-5,8-9,12H2,1-2H3,(H,22,26);1H2. The fourth-order valence-corrected chi connectivity index (χ4v) is 2.76. The number of hydrogen-bond acceptors (Lipinski definition) is 6. The summed E-state index contributed by atoms with van der Waals surface area (Å²) < 4.78 is 5.97. The van der Waals surface area contributed by atoms with Crippen LogP contribution in [0.4, 0.5) is 11.5 Å². The monoisotopic (exact) mass is 505 g/mol. The van der Waals surface area contributed by atoms with Crippen LogP contribution in [0.5, 0.6) is 0 Å². The molecule has 0 unspecified atom stereocenters. The van der Waals surface area contributed by atoms with E-state index in [1.807, 2.05) is 25.1 Å². The number of H-pyrrole nitrogens is 1. The third-order valence-electron chi connectivity index (χ3n) is 4.28. The largest absolute Gasteiger partial charge is 0.465 e. The molecule has 0 aliphatic carbocycles. The minimum Gasteiger partial charge on any atom is -0.465 e. The number of aromatic nitrogens is 2. The summed E-state index contributed by atoms with van der Waals surface area (Å²) in [4.78, 5) is 47.5. The maximum Gasteiger partial charge on any atom is 0.329 e. The maximum atomic E-state index is 12.2. The number of hydrogen-bond donors (Lipinski definition) is 2. The lowest BCUT2D eigenvalue weighted by atomic mass is 10.1. The van der Waals surface area contributed by atoms with Crippen LogP contribution in [0.25, 0.3) is 0 Å². The van der Waals surface area contributed by atoms with Gasteiger partial charge in [-0.2, -0.15) is 0 Å². The number of ether oxygens (including phenoxy) is 1. The number of aryl methyl sites for hydroxylation is 2. The molecule has 0 aliphatic rings. The number of anilines is 2. The van der Waals surface area contributed by atoms with Crippen LogP contribution in [-0.2, 0) is 27.3 Å². The van der Waals surface area contributed by atoms with Gasteiger partial charge in [-0.1, -0.05) is 13.0 Å². The highest BCUT2D eigenvalue weighted by Gasteiger charge is 2.06. The summed E-state index contributed by atoms with van der Waals surface area (Å²) in [7, 11) is 0. The fraction of sp³-hybridized carbons (Fsp3) is 0.429. The summed E-state index contributed by atoms with van der Waals surface area (Å²) in [6, 6.07) is 7.26. The highest BCUT2D eigenvalue weighted by Crippen LogP contribution is 2.18. The third kappa shape index (κ3) is 9.89. The molecule has 0 saturated carbocycles. The van der Waals surface area contributed by atoms with Gasteiger partial charge in [0.25, 0.3) is 5.56 Å². The van der Waals surface area contributed by atoms with Crippen LogP contribution in [0.2, 0.25) is 0 Å². The van der Waals surface area contributed by atoms with E-state index in [0.717, 1.165) is 16.7 Å². The number of halogens is 3. The summed E-state index contributed by atoms with van der Waals surface area (Å²) >= 11 is 14.9. The van der Waals surface area contributed by atoms with Gasteiger partial charge in [0.1, 0.15) is 11.7 Å². The molecule has 2 rings (SSSR count). The number of esters is 1. The molecule has 11 heteroatoms. The summed E-state index contributed by atoms with van der Waals surface area (Å²) in [5.41, 5.74) is 2.34. The molecule has 1 aromatic heterocycles. The van der Waals surface area contributed by atoms with Crippen molar-refractivity contribution in [2.45, 2.75) is 39.7 Å². The second kappa shape index (κ2) is 14.7. The number of benzene rings is 1. The molecule has 0 spiro atoms. The summed E-state index contributed by atoms with van der Waals surface area (Å²) in [6.45, 7) is 4.58. The van der Waals surface area contributed by atoms with E-state index in [1.54, 1.807) is 0 Å². The van der Waals surface area contributed by atoms with Gasteiger partial charge in [-0.05, 0) is 61.0 Å². The van der Waals surface area contributed by atoms with Crippen molar-refractivity contribution < 1.29 is 14.3 Å². The van der Waals surface area contributed by atoms with Crippen molar-refractivity contribution in [1.82, 2.24) is 9.55 Å². The average Bonchev–Trinajstić information content (AvgIpc) is 2.76. The van der Waals surface area contributed by atoms with Gasteiger partial charge >= 0.3 is 11.7 Å². The summed E-state index contributed by atoms with van der Waals surface area (Å²) in [5, 5.41) is 2.56. The highest BCUT2D eigenvalue weighted by atomic mass is 35.5. The Morgan fingerprint density at radius 2 is 1.81 bits per heavy atom. The summed E-state index contributed by atoms with van der Waals surface area (Å²) in [5.74, 6) is -0.414. The molecule has 1 aromatic carbocycles. The molecule has 0 atom stereocenters. The van der Waals surface area contributed by atoms with Crippen LogP contribution < -0.4 is 16.6 Å². The van der Waals surface area contributed by atoms with Crippen molar-refractivity contribution in [3.05, 3.63) is 56.2 Å². The van der Waals surface area contributed by atoms with E-state index in [1.165, 1.54) is 17.2 Å².